The topological polar surface area (TPSA) is 39.2 Å². The van der Waals surface area contributed by atoms with E-state index in [1.807, 2.05) is 31.2 Å². The summed E-state index contributed by atoms with van der Waals surface area (Å²) in [5.41, 5.74) is 2.35. The molecule has 0 aliphatic carbocycles. The first kappa shape index (κ1) is 12.3. The number of carbonyl (C=O) groups is 1. The number of ether oxygens (including phenoxy) is 1. The Labute approximate surface area is 106 Å². The van der Waals surface area contributed by atoms with E-state index in [1.54, 1.807) is 6.07 Å². The Morgan fingerprint density at radius 1 is 1.44 bits per heavy atom. The Morgan fingerprint density at radius 3 is 2.94 bits per heavy atom. The number of pyridine rings is 1. The normalized spacial score (nSPS) is 10.3. The molecule has 0 unspecified atom stereocenters. The summed E-state index contributed by atoms with van der Waals surface area (Å²) in [7, 11) is 0. The van der Waals surface area contributed by atoms with Gasteiger partial charge in [0, 0.05) is 11.8 Å². The van der Waals surface area contributed by atoms with Gasteiger partial charge in [-0.15, -0.1) is 6.58 Å². The first-order chi connectivity index (χ1) is 8.70. The molecule has 0 radical (unpaired) electrons. The van der Waals surface area contributed by atoms with Gasteiger partial charge in [0.1, 0.15) is 0 Å². The van der Waals surface area contributed by atoms with Gasteiger partial charge in [0.15, 0.2) is 6.29 Å². The zero-order valence-corrected chi connectivity index (χ0v) is 10.3. The number of aldehydes is 1. The van der Waals surface area contributed by atoms with Gasteiger partial charge in [-0.2, -0.15) is 0 Å². The van der Waals surface area contributed by atoms with Crippen molar-refractivity contribution in [3.63, 3.8) is 0 Å². The fraction of sp³-hybridized carbons (Fsp3) is 0.200. The van der Waals surface area contributed by atoms with Gasteiger partial charge in [0.05, 0.1) is 17.7 Å². The highest BCUT2D eigenvalue weighted by Crippen LogP contribution is 2.21. The molecule has 0 saturated heterocycles. The third-order valence-corrected chi connectivity index (χ3v) is 2.61. The molecule has 1 aromatic carbocycles. The van der Waals surface area contributed by atoms with Gasteiger partial charge in [0.25, 0.3) is 0 Å². The van der Waals surface area contributed by atoms with E-state index in [0.717, 1.165) is 29.2 Å². The van der Waals surface area contributed by atoms with Crippen LogP contribution in [0.3, 0.4) is 0 Å². The average molecular weight is 241 g/mol. The summed E-state index contributed by atoms with van der Waals surface area (Å²) in [5.74, 6) is 0.393. The number of benzene rings is 1. The molecule has 0 bridgehead atoms. The molecule has 0 saturated carbocycles. The van der Waals surface area contributed by atoms with Crippen LogP contribution in [0.1, 0.15) is 23.7 Å². The number of rotatable bonds is 5. The van der Waals surface area contributed by atoms with Crippen molar-refractivity contribution in [3.05, 3.63) is 48.0 Å². The largest absolute Gasteiger partial charge is 0.477 e. The third-order valence-electron chi connectivity index (χ3n) is 2.61. The summed E-state index contributed by atoms with van der Waals surface area (Å²) in [5, 5.41) is 0.937. The first-order valence-electron chi connectivity index (χ1n) is 5.83. The highest BCUT2D eigenvalue weighted by Gasteiger charge is 2.07. The Hall–Kier alpha value is -2.16. The van der Waals surface area contributed by atoms with E-state index in [2.05, 4.69) is 11.6 Å². The molecule has 0 aliphatic rings. The molecule has 0 atom stereocenters. The standard InChI is InChI=1S/C15H15NO2/c1-11(2)7-8-18-15-13(10-17)9-12-5-3-4-6-14(12)16-15/h3-6,9-10H,1,7-8H2,2H3. The minimum absolute atomic E-state index is 0.393. The summed E-state index contributed by atoms with van der Waals surface area (Å²) in [6, 6.07) is 9.45. The van der Waals surface area contributed by atoms with Crippen molar-refractivity contribution in [3.8, 4) is 5.88 Å². The fourth-order valence-electron chi connectivity index (χ4n) is 1.64. The number of para-hydroxylation sites is 1. The van der Waals surface area contributed by atoms with Crippen molar-refractivity contribution >= 4 is 17.2 Å². The van der Waals surface area contributed by atoms with E-state index >= 15 is 0 Å². The third kappa shape index (κ3) is 2.74. The molecule has 0 aliphatic heterocycles. The molecule has 92 valence electrons. The van der Waals surface area contributed by atoms with Gasteiger partial charge < -0.3 is 4.74 Å². The molecular formula is C15H15NO2. The maximum absolute atomic E-state index is 11.0. The van der Waals surface area contributed by atoms with E-state index in [9.17, 15) is 4.79 Å². The molecule has 0 N–H and O–H groups in total. The molecule has 0 fully saturated rings. The number of hydrogen-bond donors (Lipinski definition) is 0. The zero-order valence-electron chi connectivity index (χ0n) is 10.3. The summed E-state index contributed by atoms with van der Waals surface area (Å²) in [6.45, 7) is 6.24. The maximum Gasteiger partial charge on any atom is 0.224 e. The van der Waals surface area contributed by atoms with E-state index in [0.29, 0.717) is 18.1 Å². The quantitative estimate of drug-likeness (QED) is 0.595. The Kier molecular flexibility index (Phi) is 3.72. The van der Waals surface area contributed by atoms with Crippen molar-refractivity contribution < 1.29 is 9.53 Å². The van der Waals surface area contributed by atoms with Crippen LogP contribution in [0.15, 0.2) is 42.5 Å². The molecule has 2 rings (SSSR count). The summed E-state index contributed by atoms with van der Waals surface area (Å²) < 4.78 is 5.54. The average Bonchev–Trinajstić information content (AvgIpc) is 2.37. The lowest BCUT2D eigenvalue weighted by Gasteiger charge is -2.08. The van der Waals surface area contributed by atoms with Gasteiger partial charge >= 0.3 is 0 Å². The second-order valence-electron chi connectivity index (χ2n) is 4.25. The van der Waals surface area contributed by atoms with Crippen LogP contribution in [0, 0.1) is 0 Å². The lowest BCUT2D eigenvalue weighted by molar-refractivity contribution is 0.111. The SMILES string of the molecule is C=C(C)CCOc1nc2ccccc2cc1C=O. The fourth-order valence-corrected chi connectivity index (χ4v) is 1.64. The highest BCUT2D eigenvalue weighted by atomic mass is 16.5. The first-order valence-corrected chi connectivity index (χ1v) is 5.83. The van der Waals surface area contributed by atoms with Crippen LogP contribution in [0.25, 0.3) is 10.9 Å². The van der Waals surface area contributed by atoms with Gasteiger partial charge in [0.2, 0.25) is 5.88 Å². The van der Waals surface area contributed by atoms with Gasteiger partial charge in [-0.1, -0.05) is 23.8 Å². The van der Waals surface area contributed by atoms with Crippen LogP contribution in [-0.2, 0) is 0 Å². The molecule has 3 nitrogen and oxygen atoms in total. The molecular weight excluding hydrogens is 226 g/mol. The van der Waals surface area contributed by atoms with Crippen LogP contribution >= 0.6 is 0 Å². The molecule has 0 amide bonds. The smallest absolute Gasteiger partial charge is 0.224 e. The predicted octanol–water partition coefficient (Wildman–Crippen LogP) is 3.39. The van der Waals surface area contributed by atoms with E-state index in [4.69, 9.17) is 4.74 Å². The number of hydrogen-bond acceptors (Lipinski definition) is 3. The highest BCUT2D eigenvalue weighted by molar-refractivity contribution is 5.88. The lowest BCUT2D eigenvalue weighted by Crippen LogP contribution is -2.02. The summed E-state index contributed by atoms with van der Waals surface area (Å²) >= 11 is 0. The van der Waals surface area contributed by atoms with Crippen LogP contribution in [0.2, 0.25) is 0 Å². The second kappa shape index (κ2) is 5.45. The van der Waals surface area contributed by atoms with Gasteiger partial charge in [-0.25, -0.2) is 4.98 Å². The molecule has 1 heterocycles. The van der Waals surface area contributed by atoms with Gasteiger partial charge in [-0.05, 0) is 19.1 Å². The molecule has 3 heteroatoms. The summed E-state index contributed by atoms with van der Waals surface area (Å²) in [6.07, 6.45) is 1.53. The molecule has 0 spiro atoms. The molecule has 18 heavy (non-hydrogen) atoms. The van der Waals surface area contributed by atoms with Crippen molar-refractivity contribution in [2.75, 3.05) is 6.61 Å². The van der Waals surface area contributed by atoms with Crippen LogP contribution < -0.4 is 4.74 Å². The Balaban J connectivity index is 2.30. The van der Waals surface area contributed by atoms with Crippen molar-refractivity contribution in [1.82, 2.24) is 4.98 Å². The van der Waals surface area contributed by atoms with E-state index in [-0.39, 0.29) is 0 Å². The Morgan fingerprint density at radius 2 is 2.22 bits per heavy atom. The van der Waals surface area contributed by atoms with Crippen molar-refractivity contribution in [2.45, 2.75) is 13.3 Å². The van der Waals surface area contributed by atoms with Crippen LogP contribution in [0.5, 0.6) is 5.88 Å². The minimum Gasteiger partial charge on any atom is -0.477 e. The zero-order chi connectivity index (χ0) is 13.0. The second-order valence-corrected chi connectivity index (χ2v) is 4.25. The monoisotopic (exact) mass is 241 g/mol. The van der Waals surface area contributed by atoms with Crippen LogP contribution in [0.4, 0.5) is 0 Å². The molecule has 2 aromatic rings. The molecule has 1 aromatic heterocycles. The van der Waals surface area contributed by atoms with Crippen LogP contribution in [-0.4, -0.2) is 17.9 Å². The number of aromatic nitrogens is 1. The van der Waals surface area contributed by atoms with Crippen molar-refractivity contribution in [1.29, 1.82) is 0 Å². The van der Waals surface area contributed by atoms with E-state index < -0.39 is 0 Å². The number of carbonyl (C=O) groups excluding carboxylic acids is 1. The van der Waals surface area contributed by atoms with Crippen molar-refractivity contribution in [2.24, 2.45) is 0 Å². The predicted molar refractivity (Wildman–Crippen MR) is 72.1 cm³/mol. The number of nitrogens with zero attached hydrogens (tertiary/aromatic N) is 1. The maximum atomic E-state index is 11.0. The minimum atomic E-state index is 0.393. The van der Waals surface area contributed by atoms with E-state index in [1.165, 1.54) is 0 Å². The number of fused-ring (bicyclic) bond motifs is 1. The summed E-state index contributed by atoms with van der Waals surface area (Å²) in [4.78, 5) is 15.4. The lowest BCUT2D eigenvalue weighted by atomic mass is 10.1. The van der Waals surface area contributed by atoms with Gasteiger partial charge in [-0.3, -0.25) is 4.79 Å². The Bertz CT molecular complexity index is 590.